The van der Waals surface area contributed by atoms with Gasteiger partial charge in [0.1, 0.15) is 4.90 Å². The number of likely N-dealkylation sites (N-methyl/N-ethyl adjacent to an activating group) is 1. The highest BCUT2D eigenvalue weighted by atomic mass is 32.2. The van der Waals surface area contributed by atoms with E-state index in [-0.39, 0.29) is 10.9 Å². The predicted octanol–water partition coefficient (Wildman–Crippen LogP) is 0.110. The molecule has 0 fully saturated rings. The van der Waals surface area contributed by atoms with Crippen molar-refractivity contribution < 1.29 is 8.42 Å². The standard InChI is InChI=1S/C13H27N5O2S/c1-11(2)14-6-7-18-10-13(8-15-18)21(19,20)16-12(3)9-17(4)5/h8,10-12,14,16H,6-7,9H2,1-5H3. The summed E-state index contributed by atoms with van der Waals surface area (Å²) in [5.74, 6) is 0. The summed E-state index contributed by atoms with van der Waals surface area (Å²) in [5.41, 5.74) is 0. The summed E-state index contributed by atoms with van der Waals surface area (Å²) in [6.45, 7) is 8.01. The van der Waals surface area contributed by atoms with Crippen LogP contribution in [0.3, 0.4) is 0 Å². The Morgan fingerprint density at radius 2 is 2.00 bits per heavy atom. The van der Waals surface area contributed by atoms with E-state index in [9.17, 15) is 8.42 Å². The lowest BCUT2D eigenvalue weighted by molar-refractivity contribution is 0.370. The quantitative estimate of drug-likeness (QED) is 0.676. The lowest BCUT2D eigenvalue weighted by Crippen LogP contribution is -2.39. The van der Waals surface area contributed by atoms with E-state index in [1.165, 1.54) is 6.20 Å². The molecule has 8 heteroatoms. The van der Waals surface area contributed by atoms with Crippen molar-refractivity contribution >= 4 is 10.0 Å². The average Bonchev–Trinajstić information content (AvgIpc) is 2.75. The molecular formula is C13H27N5O2S. The molecule has 1 rings (SSSR count). The van der Waals surface area contributed by atoms with Gasteiger partial charge in [0.25, 0.3) is 0 Å². The van der Waals surface area contributed by atoms with Crippen LogP contribution < -0.4 is 10.0 Å². The van der Waals surface area contributed by atoms with Crippen LogP contribution in [0.25, 0.3) is 0 Å². The van der Waals surface area contributed by atoms with Crippen molar-refractivity contribution in [1.82, 2.24) is 24.7 Å². The Hall–Kier alpha value is -0.960. The van der Waals surface area contributed by atoms with E-state index in [0.717, 1.165) is 6.54 Å². The average molecular weight is 317 g/mol. The molecule has 0 aromatic carbocycles. The number of rotatable bonds is 9. The molecule has 1 aromatic heterocycles. The van der Waals surface area contributed by atoms with E-state index in [0.29, 0.717) is 19.1 Å². The normalized spacial score (nSPS) is 14.0. The SMILES string of the molecule is CC(C)NCCn1cc(S(=O)(=O)NC(C)CN(C)C)cn1. The van der Waals surface area contributed by atoms with Crippen molar-refractivity contribution in [2.45, 2.75) is 44.3 Å². The molecule has 2 N–H and O–H groups in total. The Bertz CT molecular complexity index is 524. The van der Waals surface area contributed by atoms with Gasteiger partial charge in [-0.25, -0.2) is 13.1 Å². The molecular weight excluding hydrogens is 290 g/mol. The third-order valence-corrected chi connectivity index (χ3v) is 4.35. The van der Waals surface area contributed by atoms with E-state index in [4.69, 9.17) is 0 Å². The molecule has 0 radical (unpaired) electrons. The predicted molar refractivity (Wildman–Crippen MR) is 83.7 cm³/mol. The Labute approximate surface area is 127 Å². The number of hydrogen-bond acceptors (Lipinski definition) is 5. The molecule has 1 heterocycles. The van der Waals surface area contributed by atoms with E-state index < -0.39 is 10.0 Å². The molecule has 0 saturated heterocycles. The van der Waals surface area contributed by atoms with Crippen LogP contribution in [0.5, 0.6) is 0 Å². The third-order valence-electron chi connectivity index (χ3n) is 2.81. The molecule has 1 atom stereocenters. The van der Waals surface area contributed by atoms with Gasteiger partial charge in [-0.3, -0.25) is 4.68 Å². The van der Waals surface area contributed by atoms with Gasteiger partial charge in [-0.15, -0.1) is 0 Å². The monoisotopic (exact) mass is 317 g/mol. The minimum atomic E-state index is -3.51. The summed E-state index contributed by atoms with van der Waals surface area (Å²) in [4.78, 5) is 2.14. The first-order valence-electron chi connectivity index (χ1n) is 7.13. The summed E-state index contributed by atoms with van der Waals surface area (Å²) in [5, 5.41) is 7.36. The van der Waals surface area contributed by atoms with Crippen molar-refractivity contribution in [1.29, 1.82) is 0 Å². The first-order valence-corrected chi connectivity index (χ1v) is 8.62. The van der Waals surface area contributed by atoms with Crippen molar-refractivity contribution in [2.24, 2.45) is 0 Å². The van der Waals surface area contributed by atoms with E-state index in [1.807, 2.05) is 25.9 Å². The minimum Gasteiger partial charge on any atom is -0.313 e. The van der Waals surface area contributed by atoms with Crippen LogP contribution in [0.1, 0.15) is 20.8 Å². The summed E-state index contributed by atoms with van der Waals surface area (Å²) in [7, 11) is 0.309. The van der Waals surface area contributed by atoms with Crippen LogP contribution in [-0.2, 0) is 16.6 Å². The maximum Gasteiger partial charge on any atom is 0.243 e. The van der Waals surface area contributed by atoms with Gasteiger partial charge in [0, 0.05) is 31.4 Å². The molecule has 0 aliphatic heterocycles. The van der Waals surface area contributed by atoms with Gasteiger partial charge in [0.05, 0.1) is 12.7 Å². The highest BCUT2D eigenvalue weighted by molar-refractivity contribution is 7.89. The topological polar surface area (TPSA) is 79.3 Å². The fourth-order valence-electron chi connectivity index (χ4n) is 1.99. The number of hydrogen-bond donors (Lipinski definition) is 2. The van der Waals surface area contributed by atoms with E-state index >= 15 is 0 Å². The maximum atomic E-state index is 12.2. The fourth-order valence-corrected chi connectivity index (χ4v) is 3.18. The molecule has 1 unspecified atom stereocenters. The first kappa shape index (κ1) is 18.1. The van der Waals surface area contributed by atoms with Gasteiger partial charge >= 0.3 is 0 Å². The molecule has 21 heavy (non-hydrogen) atoms. The Balaban J connectivity index is 2.61. The lowest BCUT2D eigenvalue weighted by atomic mass is 10.3. The number of nitrogens with one attached hydrogen (secondary N) is 2. The Morgan fingerprint density at radius 3 is 2.57 bits per heavy atom. The Morgan fingerprint density at radius 1 is 1.33 bits per heavy atom. The summed E-state index contributed by atoms with van der Waals surface area (Å²) < 4.78 is 28.7. The minimum absolute atomic E-state index is 0.157. The van der Waals surface area contributed by atoms with Crippen LogP contribution in [0, 0.1) is 0 Å². The summed E-state index contributed by atoms with van der Waals surface area (Å²) in [6.07, 6.45) is 2.95. The second kappa shape index (κ2) is 7.88. The number of nitrogens with zero attached hydrogens (tertiary/aromatic N) is 3. The van der Waals surface area contributed by atoms with Gasteiger partial charge < -0.3 is 10.2 Å². The zero-order valence-electron chi connectivity index (χ0n) is 13.5. The summed E-state index contributed by atoms with van der Waals surface area (Å²) >= 11 is 0. The van der Waals surface area contributed by atoms with Gasteiger partial charge in [-0.2, -0.15) is 5.10 Å². The fraction of sp³-hybridized carbons (Fsp3) is 0.769. The van der Waals surface area contributed by atoms with Crippen molar-refractivity contribution in [3.63, 3.8) is 0 Å². The van der Waals surface area contributed by atoms with Crippen molar-refractivity contribution in [3.8, 4) is 0 Å². The van der Waals surface area contributed by atoms with Gasteiger partial charge in [0.15, 0.2) is 0 Å². The van der Waals surface area contributed by atoms with Crippen molar-refractivity contribution in [3.05, 3.63) is 12.4 Å². The van der Waals surface area contributed by atoms with Crippen LogP contribution in [0.2, 0.25) is 0 Å². The zero-order chi connectivity index (χ0) is 16.0. The third kappa shape index (κ3) is 6.56. The second-order valence-corrected chi connectivity index (χ2v) is 7.55. The van der Waals surface area contributed by atoms with Crippen LogP contribution in [-0.4, -0.2) is 62.4 Å². The van der Waals surface area contributed by atoms with Crippen LogP contribution in [0.4, 0.5) is 0 Å². The van der Waals surface area contributed by atoms with Crippen LogP contribution >= 0.6 is 0 Å². The largest absolute Gasteiger partial charge is 0.313 e. The maximum absolute atomic E-state index is 12.2. The Kier molecular flexibility index (Phi) is 6.79. The second-order valence-electron chi connectivity index (χ2n) is 5.83. The summed E-state index contributed by atoms with van der Waals surface area (Å²) in [6, 6.07) is 0.244. The molecule has 0 spiro atoms. The highest BCUT2D eigenvalue weighted by Gasteiger charge is 2.19. The zero-order valence-corrected chi connectivity index (χ0v) is 14.3. The molecule has 0 bridgehead atoms. The number of aromatic nitrogens is 2. The van der Waals surface area contributed by atoms with Crippen molar-refractivity contribution in [2.75, 3.05) is 27.2 Å². The molecule has 1 aromatic rings. The number of sulfonamides is 1. The van der Waals surface area contributed by atoms with Gasteiger partial charge in [-0.1, -0.05) is 13.8 Å². The molecule has 122 valence electrons. The highest BCUT2D eigenvalue weighted by Crippen LogP contribution is 2.07. The smallest absolute Gasteiger partial charge is 0.243 e. The van der Waals surface area contributed by atoms with Crippen LogP contribution in [0.15, 0.2) is 17.3 Å². The van der Waals surface area contributed by atoms with E-state index in [2.05, 4.69) is 29.0 Å². The molecule has 0 aliphatic rings. The first-order chi connectivity index (χ1) is 9.70. The van der Waals surface area contributed by atoms with Gasteiger partial charge in [0.2, 0.25) is 10.0 Å². The molecule has 7 nitrogen and oxygen atoms in total. The molecule has 0 amide bonds. The van der Waals surface area contributed by atoms with E-state index in [1.54, 1.807) is 10.9 Å². The lowest BCUT2D eigenvalue weighted by Gasteiger charge is -2.17. The molecule has 0 aliphatic carbocycles. The molecule has 0 saturated carbocycles. The van der Waals surface area contributed by atoms with Gasteiger partial charge in [-0.05, 0) is 21.0 Å².